The Labute approximate surface area is 102 Å². The quantitative estimate of drug-likeness (QED) is 0.868. The molecule has 1 unspecified atom stereocenters. The number of aryl methyl sites for hydroxylation is 1. The molecule has 1 aliphatic rings. The fraction of sp³-hybridized carbons (Fsp3) is 0.538. The fourth-order valence-corrected chi connectivity index (χ4v) is 3.09. The van der Waals surface area contributed by atoms with E-state index in [2.05, 4.69) is 30.4 Å². The van der Waals surface area contributed by atoms with Crippen molar-refractivity contribution in [3.63, 3.8) is 0 Å². The molecule has 0 spiro atoms. The molecule has 1 aromatic rings. The molecule has 0 amide bonds. The van der Waals surface area contributed by atoms with Gasteiger partial charge in [-0.1, -0.05) is 0 Å². The van der Waals surface area contributed by atoms with Crippen LogP contribution >= 0.6 is 11.8 Å². The Kier molecular flexibility index (Phi) is 3.99. The van der Waals surface area contributed by atoms with Gasteiger partial charge in [-0.2, -0.15) is 11.8 Å². The largest absolute Gasteiger partial charge is 0.494 e. The lowest BCUT2D eigenvalue weighted by Crippen LogP contribution is -2.18. The number of rotatable bonds is 4. The van der Waals surface area contributed by atoms with Gasteiger partial charge in [0.05, 0.1) is 6.61 Å². The van der Waals surface area contributed by atoms with Gasteiger partial charge in [0, 0.05) is 17.5 Å². The molecule has 88 valence electrons. The third-order valence-corrected chi connectivity index (χ3v) is 3.94. The molecule has 2 rings (SSSR count). The summed E-state index contributed by atoms with van der Waals surface area (Å²) in [6.45, 7) is 4.84. The van der Waals surface area contributed by atoms with Gasteiger partial charge < -0.3 is 10.1 Å². The van der Waals surface area contributed by atoms with E-state index in [-0.39, 0.29) is 0 Å². The van der Waals surface area contributed by atoms with Crippen LogP contribution in [0, 0.1) is 6.92 Å². The summed E-state index contributed by atoms with van der Waals surface area (Å²) >= 11 is 2.03. The van der Waals surface area contributed by atoms with E-state index in [1.807, 2.05) is 18.7 Å². The highest BCUT2D eigenvalue weighted by molar-refractivity contribution is 7.99. The SMILES string of the molecule is CCOc1ccc(NC2CCSC2)cc1C. The number of hydrogen-bond acceptors (Lipinski definition) is 3. The second kappa shape index (κ2) is 5.48. The number of ether oxygens (including phenoxy) is 1. The molecule has 0 saturated carbocycles. The van der Waals surface area contributed by atoms with Gasteiger partial charge >= 0.3 is 0 Å². The van der Waals surface area contributed by atoms with Crippen LogP contribution < -0.4 is 10.1 Å². The average molecular weight is 237 g/mol. The second-order valence-electron chi connectivity index (χ2n) is 4.12. The highest BCUT2D eigenvalue weighted by Crippen LogP contribution is 2.25. The third-order valence-electron chi connectivity index (χ3n) is 2.78. The van der Waals surface area contributed by atoms with Crippen molar-refractivity contribution in [2.24, 2.45) is 0 Å². The van der Waals surface area contributed by atoms with E-state index in [4.69, 9.17) is 4.74 Å². The van der Waals surface area contributed by atoms with Crippen molar-refractivity contribution < 1.29 is 4.74 Å². The molecule has 1 aromatic carbocycles. The fourth-order valence-electron chi connectivity index (χ4n) is 1.94. The lowest BCUT2D eigenvalue weighted by atomic mass is 10.1. The van der Waals surface area contributed by atoms with Crippen LogP contribution in [-0.4, -0.2) is 24.2 Å². The molecule has 1 aliphatic heterocycles. The Morgan fingerprint density at radius 2 is 2.38 bits per heavy atom. The van der Waals surface area contributed by atoms with Gasteiger partial charge in [-0.3, -0.25) is 0 Å². The molecule has 1 N–H and O–H groups in total. The third kappa shape index (κ3) is 2.85. The van der Waals surface area contributed by atoms with Crippen molar-refractivity contribution in [2.75, 3.05) is 23.4 Å². The zero-order valence-corrected chi connectivity index (χ0v) is 10.8. The van der Waals surface area contributed by atoms with Crippen molar-refractivity contribution in [2.45, 2.75) is 26.3 Å². The molecule has 16 heavy (non-hydrogen) atoms. The zero-order chi connectivity index (χ0) is 11.4. The summed E-state index contributed by atoms with van der Waals surface area (Å²) in [4.78, 5) is 0. The van der Waals surface area contributed by atoms with Crippen LogP contribution in [0.2, 0.25) is 0 Å². The smallest absolute Gasteiger partial charge is 0.122 e. The van der Waals surface area contributed by atoms with Crippen LogP contribution in [0.5, 0.6) is 5.75 Å². The number of thioether (sulfide) groups is 1. The first-order valence-corrected chi connectivity index (χ1v) is 7.03. The molecule has 1 fully saturated rings. The maximum absolute atomic E-state index is 5.53. The van der Waals surface area contributed by atoms with E-state index in [9.17, 15) is 0 Å². The lowest BCUT2D eigenvalue weighted by Gasteiger charge is -2.15. The van der Waals surface area contributed by atoms with Gasteiger partial charge in [0.25, 0.3) is 0 Å². The molecule has 3 heteroatoms. The topological polar surface area (TPSA) is 21.3 Å². The average Bonchev–Trinajstić information content (AvgIpc) is 2.75. The molecular weight excluding hydrogens is 218 g/mol. The second-order valence-corrected chi connectivity index (χ2v) is 5.27. The van der Waals surface area contributed by atoms with Gasteiger partial charge in [0.15, 0.2) is 0 Å². The number of hydrogen-bond donors (Lipinski definition) is 1. The number of anilines is 1. The molecular formula is C13H19NOS. The van der Waals surface area contributed by atoms with Gasteiger partial charge in [0.1, 0.15) is 5.75 Å². The Balaban J connectivity index is 2.02. The summed E-state index contributed by atoms with van der Waals surface area (Å²) in [5.74, 6) is 3.51. The van der Waals surface area contributed by atoms with Gasteiger partial charge in [0.2, 0.25) is 0 Å². The molecule has 0 aromatic heterocycles. The minimum absolute atomic E-state index is 0.641. The summed E-state index contributed by atoms with van der Waals surface area (Å²) in [5.41, 5.74) is 2.42. The van der Waals surface area contributed by atoms with E-state index >= 15 is 0 Å². The van der Waals surface area contributed by atoms with Gasteiger partial charge in [-0.25, -0.2) is 0 Å². The van der Waals surface area contributed by atoms with E-state index in [1.165, 1.54) is 29.2 Å². The number of benzene rings is 1. The van der Waals surface area contributed by atoms with Crippen LogP contribution in [0.3, 0.4) is 0 Å². The Morgan fingerprint density at radius 3 is 3.00 bits per heavy atom. The van der Waals surface area contributed by atoms with E-state index in [0.29, 0.717) is 6.04 Å². The Morgan fingerprint density at radius 1 is 1.50 bits per heavy atom. The predicted octanol–water partition coefficient (Wildman–Crippen LogP) is 3.31. The summed E-state index contributed by atoms with van der Waals surface area (Å²) in [6, 6.07) is 6.99. The molecule has 1 heterocycles. The first-order chi connectivity index (χ1) is 7.79. The van der Waals surface area contributed by atoms with Gasteiger partial charge in [-0.05, 0) is 49.8 Å². The Hall–Kier alpha value is -0.830. The van der Waals surface area contributed by atoms with Crippen molar-refractivity contribution in [1.29, 1.82) is 0 Å². The van der Waals surface area contributed by atoms with Crippen molar-refractivity contribution in [3.8, 4) is 5.75 Å². The standard InChI is InChI=1S/C13H19NOS/c1-3-15-13-5-4-11(8-10(13)2)14-12-6-7-16-9-12/h4-5,8,12,14H,3,6-7,9H2,1-2H3. The molecule has 2 nitrogen and oxygen atoms in total. The van der Waals surface area contributed by atoms with E-state index in [1.54, 1.807) is 0 Å². The summed E-state index contributed by atoms with van der Waals surface area (Å²) < 4.78 is 5.53. The number of nitrogens with one attached hydrogen (secondary N) is 1. The van der Waals surface area contributed by atoms with Crippen molar-refractivity contribution in [1.82, 2.24) is 0 Å². The maximum atomic E-state index is 5.53. The highest BCUT2D eigenvalue weighted by Gasteiger charge is 2.15. The predicted molar refractivity (Wildman–Crippen MR) is 71.7 cm³/mol. The first kappa shape index (κ1) is 11.6. The monoisotopic (exact) mass is 237 g/mol. The first-order valence-electron chi connectivity index (χ1n) is 5.87. The molecule has 0 bridgehead atoms. The van der Waals surface area contributed by atoms with Crippen LogP contribution in [0.4, 0.5) is 5.69 Å². The zero-order valence-electron chi connectivity index (χ0n) is 9.95. The normalized spacial score (nSPS) is 19.8. The Bertz CT molecular complexity index is 348. The van der Waals surface area contributed by atoms with Gasteiger partial charge in [-0.15, -0.1) is 0 Å². The minimum Gasteiger partial charge on any atom is -0.494 e. The summed E-state index contributed by atoms with van der Waals surface area (Å²) in [5, 5.41) is 3.57. The van der Waals surface area contributed by atoms with E-state index < -0.39 is 0 Å². The lowest BCUT2D eigenvalue weighted by molar-refractivity contribution is 0.338. The summed E-state index contributed by atoms with van der Waals surface area (Å²) in [7, 11) is 0. The molecule has 0 radical (unpaired) electrons. The van der Waals surface area contributed by atoms with Crippen LogP contribution in [-0.2, 0) is 0 Å². The molecule has 0 aliphatic carbocycles. The van der Waals surface area contributed by atoms with Crippen LogP contribution in [0.15, 0.2) is 18.2 Å². The highest BCUT2D eigenvalue weighted by atomic mass is 32.2. The molecule has 1 saturated heterocycles. The summed E-state index contributed by atoms with van der Waals surface area (Å²) in [6.07, 6.45) is 1.27. The van der Waals surface area contributed by atoms with Crippen molar-refractivity contribution >= 4 is 17.4 Å². The van der Waals surface area contributed by atoms with Crippen LogP contribution in [0.1, 0.15) is 18.9 Å². The maximum Gasteiger partial charge on any atom is 0.122 e. The van der Waals surface area contributed by atoms with Crippen LogP contribution in [0.25, 0.3) is 0 Å². The van der Waals surface area contributed by atoms with E-state index in [0.717, 1.165) is 12.4 Å². The molecule has 1 atom stereocenters. The van der Waals surface area contributed by atoms with Crippen molar-refractivity contribution in [3.05, 3.63) is 23.8 Å². The minimum atomic E-state index is 0.641.